The first-order chi connectivity index (χ1) is 9.09. The second kappa shape index (κ2) is 7.80. The Morgan fingerprint density at radius 1 is 1.16 bits per heavy atom. The summed E-state index contributed by atoms with van der Waals surface area (Å²) in [4.78, 5) is 21.8. The lowest BCUT2D eigenvalue weighted by Crippen LogP contribution is -2.37. The van der Waals surface area contributed by atoms with Crippen LogP contribution in [0.5, 0.6) is 5.75 Å². The molecular weight excluding hydrogens is 248 g/mol. The van der Waals surface area contributed by atoms with Gasteiger partial charge in [0.05, 0.1) is 18.7 Å². The van der Waals surface area contributed by atoms with Crippen molar-refractivity contribution >= 4 is 17.6 Å². The molecule has 0 atom stereocenters. The molecule has 0 aliphatic carbocycles. The maximum Gasteiger partial charge on any atom is 0.312 e. The van der Waals surface area contributed by atoms with E-state index >= 15 is 0 Å². The molecule has 3 amide bonds. The van der Waals surface area contributed by atoms with Gasteiger partial charge in [0.2, 0.25) is 5.91 Å². The molecule has 0 fully saturated rings. The highest BCUT2D eigenvalue weighted by Gasteiger charge is 2.03. The van der Waals surface area contributed by atoms with E-state index in [9.17, 15) is 9.59 Å². The van der Waals surface area contributed by atoms with Crippen molar-refractivity contribution in [2.75, 3.05) is 25.4 Å². The number of hydrogen-bond donors (Lipinski definition) is 4. The van der Waals surface area contributed by atoms with Crippen LogP contribution in [0.2, 0.25) is 0 Å². The summed E-state index contributed by atoms with van der Waals surface area (Å²) in [6, 6.07) is 6.47. The second-order valence-corrected chi connectivity index (χ2v) is 3.78. The number of amides is 3. The number of rotatable bonds is 7. The molecule has 0 radical (unpaired) electrons. The van der Waals surface area contributed by atoms with Crippen LogP contribution in [0.15, 0.2) is 24.3 Å². The summed E-state index contributed by atoms with van der Waals surface area (Å²) in [5.41, 5.74) is 11.1. The van der Waals surface area contributed by atoms with Crippen molar-refractivity contribution in [3.63, 3.8) is 0 Å². The van der Waals surface area contributed by atoms with Crippen molar-refractivity contribution in [1.82, 2.24) is 10.6 Å². The Morgan fingerprint density at radius 3 is 2.53 bits per heavy atom. The molecule has 0 aromatic heterocycles. The summed E-state index contributed by atoms with van der Waals surface area (Å²) in [6.45, 7) is 0.867. The summed E-state index contributed by atoms with van der Waals surface area (Å²) in [7, 11) is 0. The summed E-state index contributed by atoms with van der Waals surface area (Å²) >= 11 is 0. The van der Waals surface area contributed by atoms with Gasteiger partial charge in [0.15, 0.2) is 0 Å². The Hall–Kier alpha value is -2.44. The molecule has 0 aliphatic heterocycles. The summed E-state index contributed by atoms with van der Waals surface area (Å²) in [5, 5.41) is 4.99. The summed E-state index contributed by atoms with van der Waals surface area (Å²) in [6.07, 6.45) is 0.213. The van der Waals surface area contributed by atoms with Gasteiger partial charge in [-0.3, -0.25) is 4.79 Å². The van der Waals surface area contributed by atoms with E-state index in [-0.39, 0.29) is 18.9 Å². The van der Waals surface area contributed by atoms with Gasteiger partial charge in [-0.15, -0.1) is 0 Å². The van der Waals surface area contributed by atoms with Crippen LogP contribution in [-0.2, 0) is 4.79 Å². The summed E-state index contributed by atoms with van der Waals surface area (Å²) in [5.74, 6) is 0.395. The largest absolute Gasteiger partial charge is 0.491 e. The average molecular weight is 266 g/mol. The Balaban J connectivity index is 2.14. The van der Waals surface area contributed by atoms with Crippen molar-refractivity contribution in [1.29, 1.82) is 0 Å². The van der Waals surface area contributed by atoms with Gasteiger partial charge in [0, 0.05) is 13.1 Å². The number of hydrogen-bond acceptors (Lipinski definition) is 4. The zero-order chi connectivity index (χ0) is 14.1. The SMILES string of the molecule is NC(=O)NCCNC(=O)CCOc1ccccc1N. The fraction of sp³-hybridized carbons (Fsp3) is 0.333. The highest BCUT2D eigenvalue weighted by Crippen LogP contribution is 2.19. The van der Waals surface area contributed by atoms with E-state index in [0.29, 0.717) is 24.5 Å². The smallest absolute Gasteiger partial charge is 0.312 e. The third-order valence-corrected chi connectivity index (χ3v) is 2.25. The molecule has 0 heterocycles. The number of nitrogens with two attached hydrogens (primary N) is 2. The minimum atomic E-state index is -0.614. The number of nitrogen functional groups attached to an aromatic ring is 1. The third-order valence-electron chi connectivity index (χ3n) is 2.25. The molecule has 7 heteroatoms. The number of carbonyl (C=O) groups is 2. The minimum absolute atomic E-state index is 0.166. The molecule has 0 aliphatic rings. The average Bonchev–Trinajstić information content (AvgIpc) is 2.37. The fourth-order valence-corrected chi connectivity index (χ4v) is 1.34. The van der Waals surface area contributed by atoms with E-state index in [1.54, 1.807) is 24.3 Å². The molecule has 19 heavy (non-hydrogen) atoms. The first-order valence-electron chi connectivity index (χ1n) is 5.87. The van der Waals surface area contributed by atoms with Crippen LogP contribution in [0.25, 0.3) is 0 Å². The van der Waals surface area contributed by atoms with Crippen molar-refractivity contribution in [2.45, 2.75) is 6.42 Å². The van der Waals surface area contributed by atoms with Gasteiger partial charge < -0.3 is 26.8 Å². The number of benzene rings is 1. The molecule has 104 valence electrons. The molecule has 1 rings (SSSR count). The lowest BCUT2D eigenvalue weighted by molar-refractivity contribution is -0.121. The van der Waals surface area contributed by atoms with Crippen molar-refractivity contribution in [3.05, 3.63) is 24.3 Å². The molecule has 0 saturated heterocycles. The Morgan fingerprint density at radius 2 is 1.84 bits per heavy atom. The van der Waals surface area contributed by atoms with E-state index in [0.717, 1.165) is 0 Å². The van der Waals surface area contributed by atoms with Gasteiger partial charge in [-0.05, 0) is 12.1 Å². The monoisotopic (exact) mass is 266 g/mol. The Kier molecular flexibility index (Phi) is 6.00. The zero-order valence-electron chi connectivity index (χ0n) is 10.5. The minimum Gasteiger partial charge on any atom is -0.491 e. The molecule has 0 saturated carbocycles. The van der Waals surface area contributed by atoms with Crippen LogP contribution in [0.3, 0.4) is 0 Å². The number of nitrogens with one attached hydrogen (secondary N) is 2. The first kappa shape index (κ1) is 14.6. The molecule has 7 nitrogen and oxygen atoms in total. The van der Waals surface area contributed by atoms with Gasteiger partial charge in [-0.1, -0.05) is 12.1 Å². The Bertz CT molecular complexity index is 437. The van der Waals surface area contributed by atoms with E-state index in [1.165, 1.54) is 0 Å². The first-order valence-corrected chi connectivity index (χ1v) is 5.87. The summed E-state index contributed by atoms with van der Waals surface area (Å²) < 4.78 is 5.38. The van der Waals surface area contributed by atoms with Crippen LogP contribution in [0.1, 0.15) is 6.42 Å². The van der Waals surface area contributed by atoms with Gasteiger partial charge in [-0.2, -0.15) is 0 Å². The highest BCUT2D eigenvalue weighted by molar-refractivity contribution is 5.76. The van der Waals surface area contributed by atoms with E-state index in [4.69, 9.17) is 16.2 Å². The molecule has 0 unspecified atom stereocenters. The lowest BCUT2D eigenvalue weighted by Gasteiger charge is -2.09. The standard InChI is InChI=1S/C12H18N4O3/c13-9-3-1-2-4-10(9)19-8-5-11(17)15-6-7-16-12(14)18/h1-4H,5-8,13H2,(H,15,17)(H3,14,16,18). The van der Waals surface area contributed by atoms with Gasteiger partial charge in [-0.25, -0.2) is 4.79 Å². The molecular formula is C12H18N4O3. The van der Waals surface area contributed by atoms with Gasteiger partial charge in [0.1, 0.15) is 5.75 Å². The number of urea groups is 1. The predicted molar refractivity (Wildman–Crippen MR) is 71.6 cm³/mol. The lowest BCUT2D eigenvalue weighted by atomic mass is 10.3. The molecule has 6 N–H and O–H groups in total. The number of ether oxygens (including phenoxy) is 1. The van der Waals surface area contributed by atoms with Crippen LogP contribution in [0.4, 0.5) is 10.5 Å². The third kappa shape index (κ3) is 6.16. The van der Waals surface area contributed by atoms with Crippen molar-refractivity contribution in [3.8, 4) is 5.75 Å². The molecule has 1 aromatic rings. The quantitative estimate of drug-likeness (QED) is 0.404. The number of anilines is 1. The normalized spacial score (nSPS) is 9.68. The second-order valence-electron chi connectivity index (χ2n) is 3.78. The van der Waals surface area contributed by atoms with E-state index in [1.807, 2.05) is 0 Å². The fourth-order valence-electron chi connectivity index (χ4n) is 1.34. The van der Waals surface area contributed by atoms with Crippen LogP contribution >= 0.6 is 0 Å². The van der Waals surface area contributed by atoms with Crippen LogP contribution < -0.4 is 26.8 Å². The number of para-hydroxylation sites is 2. The number of primary amides is 1. The predicted octanol–water partition coefficient (Wildman–Crippen LogP) is -0.178. The number of carbonyl (C=O) groups excluding carboxylic acids is 2. The van der Waals surface area contributed by atoms with Crippen LogP contribution in [0, 0.1) is 0 Å². The topological polar surface area (TPSA) is 119 Å². The maximum atomic E-state index is 11.4. The zero-order valence-corrected chi connectivity index (χ0v) is 10.5. The Labute approximate surface area is 111 Å². The molecule has 0 bridgehead atoms. The van der Waals surface area contributed by atoms with E-state index in [2.05, 4.69) is 10.6 Å². The highest BCUT2D eigenvalue weighted by atomic mass is 16.5. The van der Waals surface area contributed by atoms with Crippen molar-refractivity contribution < 1.29 is 14.3 Å². The molecule has 0 spiro atoms. The van der Waals surface area contributed by atoms with Gasteiger partial charge >= 0.3 is 6.03 Å². The molecule has 1 aromatic carbocycles. The maximum absolute atomic E-state index is 11.4. The van der Waals surface area contributed by atoms with Crippen molar-refractivity contribution in [2.24, 2.45) is 5.73 Å². The van der Waals surface area contributed by atoms with Crippen LogP contribution in [-0.4, -0.2) is 31.6 Å². The van der Waals surface area contributed by atoms with Gasteiger partial charge in [0.25, 0.3) is 0 Å². The van der Waals surface area contributed by atoms with E-state index < -0.39 is 6.03 Å².